The van der Waals surface area contributed by atoms with E-state index in [9.17, 15) is 0 Å². The van der Waals surface area contributed by atoms with Crippen molar-refractivity contribution in [1.29, 1.82) is 0 Å². The molecule has 7 heteroatoms. The number of aromatic hydroxyl groups is 2. The maximum Gasteiger partial charge on any atom is 0.0146 e. The Morgan fingerprint density at radius 3 is 1.63 bits per heavy atom. The first-order valence-corrected chi connectivity index (χ1v) is 19.9. The molecule has 1 aliphatic heterocycles. The van der Waals surface area contributed by atoms with Gasteiger partial charge in [0.2, 0.25) is 0 Å². The van der Waals surface area contributed by atoms with E-state index in [2.05, 4.69) is 91.9 Å². The first-order chi connectivity index (χ1) is 20.4. The molecule has 0 amide bonds. The van der Waals surface area contributed by atoms with Crippen LogP contribution in [0.15, 0.2) is 72.8 Å². The van der Waals surface area contributed by atoms with Crippen molar-refractivity contribution in [2.75, 3.05) is 41.9 Å². The molecule has 4 aromatic carbocycles. The van der Waals surface area contributed by atoms with Crippen molar-refractivity contribution in [2.24, 2.45) is 0 Å². The van der Waals surface area contributed by atoms with E-state index in [1.807, 2.05) is 67.2 Å². The van der Waals surface area contributed by atoms with Gasteiger partial charge >= 0.3 is 133 Å². The molecule has 0 saturated carbocycles. The van der Waals surface area contributed by atoms with Gasteiger partial charge < -0.3 is 9.80 Å². The van der Waals surface area contributed by atoms with Crippen LogP contribution in [-0.2, 0) is 13.5 Å². The minimum absolute atomic E-state index is 0.894. The molecule has 0 aliphatic carbocycles. The van der Waals surface area contributed by atoms with Crippen LogP contribution in [0.3, 0.4) is 0 Å². The van der Waals surface area contributed by atoms with Gasteiger partial charge in [-0.3, -0.25) is 0 Å². The summed E-state index contributed by atoms with van der Waals surface area (Å²) in [5.74, 6) is 1.81. The number of halogens is 2. The van der Waals surface area contributed by atoms with Crippen LogP contribution in [-0.4, -0.2) is 36.5 Å². The fraction of sp³-hybridized carbons (Fsp3) is 0.278. The number of rotatable bonds is 6. The topological polar surface area (TPSA) is 22.5 Å². The fourth-order valence-corrected chi connectivity index (χ4v) is 7.63. The van der Waals surface area contributed by atoms with Crippen LogP contribution in [0.2, 0.25) is 0 Å². The zero-order chi connectivity index (χ0) is 31.3. The quantitative estimate of drug-likeness (QED) is 0.113. The van der Waals surface area contributed by atoms with Crippen LogP contribution >= 0.6 is 19.4 Å². The van der Waals surface area contributed by atoms with Crippen molar-refractivity contribution < 1.29 is 18.3 Å². The average Bonchev–Trinajstić information content (AvgIpc) is 3.38. The maximum absolute atomic E-state index is 5.95. The number of hydrogen-bond acceptors (Lipinski definition) is 3. The summed E-state index contributed by atoms with van der Waals surface area (Å²) in [4.78, 5) is 6.87. The Morgan fingerprint density at radius 1 is 0.721 bits per heavy atom. The predicted molar refractivity (Wildman–Crippen MR) is 185 cm³/mol. The number of anilines is 3. The summed E-state index contributed by atoms with van der Waals surface area (Å²) >= 11 is -1.84. The third kappa shape index (κ3) is 8.63. The molecule has 0 atom stereocenters. The molecule has 0 aromatic heterocycles. The number of hydrogen-bond donors (Lipinski definition) is 0. The zero-order valence-corrected chi connectivity index (χ0v) is 29.6. The van der Waals surface area contributed by atoms with E-state index >= 15 is 0 Å². The summed E-state index contributed by atoms with van der Waals surface area (Å²) in [7, 11) is 15.9. The Balaban J connectivity index is 0.000000199. The number of aryl methyl sites for hydroxylation is 6. The summed E-state index contributed by atoms with van der Waals surface area (Å²) in [5, 5.41) is 0. The largest absolute Gasteiger partial charge is 0.502 e. The fourth-order valence-electron chi connectivity index (χ4n) is 5.81. The predicted octanol–water partition coefficient (Wildman–Crippen LogP) is 9.47. The first kappa shape index (κ1) is 33.1. The standard InChI is InChI=1S/C21H27N2.C15H15NO.2ClH.Ru/c1-14-9-16(3)20(17(4)10-14)22-7-8-23(13-22)21-18(5)11-15(2)12-19(21)6;1-12-6-4-5-7-15(12)17-14-10-8-13(9-11-14)16(2)3;;;/h9-13H,7-8H2,1-6H3;1,4-11H,2-3H3;2*1H;/q-1;;;;+2/p-1. The number of benzene rings is 4. The van der Waals surface area contributed by atoms with Crippen molar-refractivity contribution >= 4 is 41.1 Å². The summed E-state index contributed by atoms with van der Waals surface area (Å²) in [6.07, 6.45) is 0. The average molecular weight is 706 g/mol. The molecule has 1 aliphatic rings. The van der Waals surface area contributed by atoms with Crippen LogP contribution < -0.4 is 14.7 Å². The molecule has 43 heavy (non-hydrogen) atoms. The molecule has 4 nitrogen and oxygen atoms in total. The molecule has 5 rings (SSSR count). The molecule has 1 saturated heterocycles. The van der Waals surface area contributed by atoms with Crippen molar-refractivity contribution in [3.8, 4) is 11.5 Å². The monoisotopic (exact) mass is 705 g/mol. The molecule has 1 N–H and O–H groups in total. The van der Waals surface area contributed by atoms with E-state index in [1.54, 1.807) is 0 Å². The van der Waals surface area contributed by atoms with Gasteiger partial charge in [-0.05, 0) is 63.8 Å². The van der Waals surface area contributed by atoms with Crippen molar-refractivity contribution in [3.63, 3.8) is 0 Å². The molecule has 0 unspecified atom stereocenters. The van der Waals surface area contributed by atoms with E-state index < -0.39 is 13.5 Å². The molecule has 0 spiro atoms. The third-order valence-electron chi connectivity index (χ3n) is 7.45. The third-order valence-corrected chi connectivity index (χ3v) is 9.28. The van der Waals surface area contributed by atoms with E-state index in [0.717, 1.165) is 35.8 Å². The Hall–Kier alpha value is -2.85. The summed E-state index contributed by atoms with van der Waals surface area (Å²) in [6.45, 7) is 17.6. The van der Waals surface area contributed by atoms with Gasteiger partial charge in [0.15, 0.2) is 0 Å². The van der Waals surface area contributed by atoms with Gasteiger partial charge in [0.25, 0.3) is 0 Å². The number of nitrogens with zero attached hydrogens (tertiary/aromatic N) is 3. The van der Waals surface area contributed by atoms with E-state index in [0.29, 0.717) is 0 Å². The van der Waals surface area contributed by atoms with E-state index in [4.69, 9.17) is 19.4 Å². The van der Waals surface area contributed by atoms with Crippen LogP contribution in [0.25, 0.3) is 0 Å². The second kappa shape index (κ2) is 14.8. The van der Waals surface area contributed by atoms with Gasteiger partial charge in [-0.15, -0.1) is 0 Å². The van der Waals surface area contributed by atoms with Crippen LogP contribution in [0.5, 0.6) is 11.5 Å². The Kier molecular flexibility index (Phi) is 11.3. The summed E-state index contributed by atoms with van der Waals surface area (Å²) in [6, 6.07) is 25.1. The van der Waals surface area contributed by atoms with Gasteiger partial charge in [0.05, 0.1) is 0 Å². The molecule has 230 valence electrons. The Bertz CT molecular complexity index is 1490. The van der Waals surface area contributed by atoms with E-state index in [-0.39, 0.29) is 0 Å². The van der Waals surface area contributed by atoms with Gasteiger partial charge in [-0.25, -0.2) is 0 Å². The zero-order valence-electron chi connectivity index (χ0n) is 26.4. The van der Waals surface area contributed by atoms with Crippen molar-refractivity contribution in [1.82, 2.24) is 0 Å². The van der Waals surface area contributed by atoms with Crippen LogP contribution in [0, 0.1) is 48.2 Å². The number of para-hydroxylation sites is 1. The minimum Gasteiger partial charge on any atom is -0.502 e. The van der Waals surface area contributed by atoms with Crippen molar-refractivity contribution in [3.05, 3.63) is 118 Å². The molecule has 0 bridgehead atoms. The van der Waals surface area contributed by atoms with Gasteiger partial charge in [0, 0.05) is 24.5 Å². The molecular formula is C36H43Cl2N3ORu. The van der Waals surface area contributed by atoms with Gasteiger partial charge in [0.1, 0.15) is 0 Å². The molecule has 4 aromatic rings. The smallest absolute Gasteiger partial charge is 0.0146 e. The van der Waals surface area contributed by atoms with Crippen LogP contribution in [0.4, 0.5) is 17.1 Å². The first-order valence-electron chi connectivity index (χ1n) is 14.4. The summed E-state index contributed by atoms with van der Waals surface area (Å²) < 4.78 is 6.57. The van der Waals surface area contributed by atoms with Gasteiger partial charge in [-0.2, -0.15) is 6.67 Å². The molecule has 1 heterocycles. The van der Waals surface area contributed by atoms with Crippen molar-refractivity contribution in [2.45, 2.75) is 41.5 Å². The van der Waals surface area contributed by atoms with Gasteiger partial charge in [-0.1, -0.05) is 35.4 Å². The molecule has 1 fully saturated rings. The molecular weight excluding hydrogens is 662 g/mol. The second-order valence-corrected chi connectivity index (χ2v) is 17.1. The maximum atomic E-state index is 5.95. The van der Waals surface area contributed by atoms with Crippen LogP contribution in [0.1, 0.15) is 38.9 Å². The SMILES string of the molecule is CN(C)c1ccc([OH+]c2ccccc2[CH]=[Ru]([Cl])[Cl])cc1.Cc1cc(C)c(N2[CH-]N(c3c(C)cc(C)cc3C)CC2)c(C)c1. The second-order valence-electron chi connectivity index (χ2n) is 11.4. The Morgan fingerprint density at radius 2 is 1.19 bits per heavy atom. The number of ether oxygens (including phenoxy) is 1. The minimum atomic E-state index is -1.84. The van der Waals surface area contributed by atoms with E-state index in [1.165, 1.54) is 44.8 Å². The molecule has 0 radical (unpaired) electrons. The normalized spacial score (nSPS) is 12.9. The Labute approximate surface area is 271 Å². The summed E-state index contributed by atoms with van der Waals surface area (Å²) in [5.41, 5.74) is 13.0.